The van der Waals surface area contributed by atoms with Gasteiger partial charge in [0.25, 0.3) is 0 Å². The summed E-state index contributed by atoms with van der Waals surface area (Å²) in [5.41, 5.74) is 0. The van der Waals surface area contributed by atoms with E-state index in [9.17, 15) is 43.8 Å². The molecule has 0 fully saturated rings. The van der Waals surface area contributed by atoms with Crippen LogP contribution in [0.4, 0.5) is 0 Å². The molecule has 8 N–H and O–H groups in total. The first-order chi connectivity index (χ1) is 23.7. The van der Waals surface area contributed by atoms with Crippen LogP contribution in [0.15, 0.2) is 0 Å². The molecule has 51 heavy (non-hydrogen) atoms. The van der Waals surface area contributed by atoms with Gasteiger partial charge in [0.2, 0.25) is 35.4 Å². The molecule has 1 unspecified atom stereocenters. The number of nitrogens with one attached hydrogen (secondary N) is 6. The zero-order chi connectivity index (χ0) is 39.4. The molecule has 0 aromatic heterocycles. The minimum atomic E-state index is -1.59. The number of carboxylic acids is 1. The van der Waals surface area contributed by atoms with Gasteiger partial charge in [-0.25, -0.2) is 4.79 Å². The molecule has 290 valence electrons. The average Bonchev–Trinajstić information content (AvgIpc) is 3.02. The largest absolute Gasteiger partial charge is 0.480 e. The summed E-state index contributed by atoms with van der Waals surface area (Å²) in [6.07, 6.45) is 6.27. The van der Waals surface area contributed by atoms with Gasteiger partial charge in [-0.3, -0.25) is 28.8 Å². The Morgan fingerprint density at radius 1 is 0.608 bits per heavy atom. The monoisotopic (exact) mass is 722 g/mol. The van der Waals surface area contributed by atoms with Gasteiger partial charge >= 0.3 is 5.97 Å². The summed E-state index contributed by atoms with van der Waals surface area (Å²) in [5, 5.41) is 34.8. The fraction of sp³-hybridized carbons (Fsp3) is 0.750. The lowest BCUT2D eigenvalue weighted by Gasteiger charge is -2.28. The second kappa shape index (κ2) is 24.1. The number of aliphatic hydroxyl groups excluding tert-OH is 1. The second-order valence-corrected chi connectivity index (χ2v) is 14.3. The Balaban J connectivity index is 5.95. The third kappa shape index (κ3) is 19.1. The number of carbonyl (C=O) groups is 7. The third-order valence-electron chi connectivity index (χ3n) is 7.81. The molecule has 0 aliphatic rings. The maximum absolute atomic E-state index is 13.6. The summed E-state index contributed by atoms with van der Waals surface area (Å²) in [4.78, 5) is 90.5. The minimum absolute atomic E-state index is 0.0526. The lowest BCUT2D eigenvalue weighted by molar-refractivity contribution is -0.145. The van der Waals surface area contributed by atoms with Crippen LogP contribution in [-0.2, 0) is 33.6 Å². The van der Waals surface area contributed by atoms with Gasteiger partial charge in [-0.2, -0.15) is 0 Å². The van der Waals surface area contributed by atoms with Crippen molar-refractivity contribution < 1.29 is 43.8 Å². The van der Waals surface area contributed by atoms with Crippen molar-refractivity contribution in [3.8, 4) is 12.3 Å². The first-order valence-electron chi connectivity index (χ1n) is 17.9. The first-order valence-corrected chi connectivity index (χ1v) is 17.9. The van der Waals surface area contributed by atoms with Gasteiger partial charge < -0.3 is 42.1 Å². The van der Waals surface area contributed by atoms with Crippen molar-refractivity contribution in [2.24, 2.45) is 17.8 Å². The summed E-state index contributed by atoms with van der Waals surface area (Å²) in [7, 11) is 0. The molecule has 0 aromatic carbocycles. The van der Waals surface area contributed by atoms with E-state index in [0.717, 1.165) is 0 Å². The highest BCUT2D eigenvalue weighted by Crippen LogP contribution is 2.12. The summed E-state index contributed by atoms with van der Waals surface area (Å²) >= 11 is 0. The number of hydrogen-bond donors (Lipinski definition) is 8. The predicted octanol–water partition coefficient (Wildman–Crippen LogP) is 1.12. The van der Waals surface area contributed by atoms with E-state index in [1.54, 1.807) is 0 Å². The molecule has 0 bridgehead atoms. The Labute approximate surface area is 303 Å². The summed E-state index contributed by atoms with van der Waals surface area (Å²) in [6, 6.07) is -6.90. The topological polar surface area (TPSA) is 232 Å². The number of terminal acetylenes is 1. The van der Waals surface area contributed by atoms with Crippen molar-refractivity contribution in [1.82, 2.24) is 31.9 Å². The van der Waals surface area contributed by atoms with Crippen LogP contribution >= 0.6 is 0 Å². The highest BCUT2D eigenvalue weighted by molar-refractivity contribution is 5.96. The van der Waals surface area contributed by atoms with E-state index in [-0.39, 0.29) is 55.8 Å². The van der Waals surface area contributed by atoms with Gasteiger partial charge in [0.05, 0.1) is 6.10 Å². The third-order valence-corrected chi connectivity index (χ3v) is 7.81. The number of hydrogen-bond acceptors (Lipinski definition) is 8. The number of unbranched alkanes of at least 4 members (excludes halogenated alkanes) is 1. The predicted molar refractivity (Wildman–Crippen MR) is 193 cm³/mol. The molecule has 15 nitrogen and oxygen atoms in total. The van der Waals surface area contributed by atoms with E-state index in [4.69, 9.17) is 6.42 Å². The Hall–Kier alpha value is -4.19. The Bertz CT molecular complexity index is 1210. The number of carboxylic acid groups (broad SMARTS) is 1. The fourth-order valence-electron chi connectivity index (χ4n) is 5.10. The number of amides is 6. The molecule has 0 heterocycles. The van der Waals surface area contributed by atoms with Gasteiger partial charge in [-0.1, -0.05) is 61.3 Å². The normalized spacial score (nSPS) is 15.3. The van der Waals surface area contributed by atoms with Gasteiger partial charge in [-0.15, -0.1) is 12.3 Å². The molecule has 0 saturated heterocycles. The van der Waals surface area contributed by atoms with Crippen LogP contribution in [0.25, 0.3) is 0 Å². The summed E-state index contributed by atoms with van der Waals surface area (Å²) in [5.74, 6) is -2.88. The highest BCUT2D eigenvalue weighted by Gasteiger charge is 2.34. The molecule has 0 aromatic rings. The van der Waals surface area contributed by atoms with E-state index in [0.29, 0.717) is 19.3 Å². The van der Waals surface area contributed by atoms with Crippen LogP contribution in [0.5, 0.6) is 0 Å². The van der Waals surface area contributed by atoms with Gasteiger partial charge in [0, 0.05) is 12.8 Å². The quantitative estimate of drug-likeness (QED) is 0.0667. The SMILES string of the molecule is C#CCCC(=O)N[C@@H](CC(C)C)C(=O)N[C@@H](C)C(=O)N[C@@H](CCCC)C(=O)N[C@@H](CC(C)C)C(=O)N[C@@H](CC(C)C)C(=O)N[C@H](C(=O)O)C(C)O. The summed E-state index contributed by atoms with van der Waals surface area (Å²) < 4.78 is 0. The molecular formula is C36H62N6O9. The van der Waals surface area contributed by atoms with E-state index in [2.05, 4.69) is 37.8 Å². The molecule has 0 spiro atoms. The van der Waals surface area contributed by atoms with E-state index >= 15 is 0 Å². The van der Waals surface area contributed by atoms with Gasteiger partial charge in [-0.05, 0) is 57.3 Å². The van der Waals surface area contributed by atoms with Gasteiger partial charge in [0.15, 0.2) is 6.04 Å². The zero-order valence-electron chi connectivity index (χ0n) is 31.8. The highest BCUT2D eigenvalue weighted by atomic mass is 16.4. The molecule has 6 amide bonds. The maximum atomic E-state index is 13.6. The molecule has 0 rings (SSSR count). The van der Waals surface area contributed by atoms with Crippen molar-refractivity contribution >= 4 is 41.4 Å². The molecule has 15 heteroatoms. The zero-order valence-corrected chi connectivity index (χ0v) is 31.8. The number of aliphatic carboxylic acids is 1. The van der Waals surface area contributed by atoms with Crippen molar-refractivity contribution in [3.63, 3.8) is 0 Å². The minimum Gasteiger partial charge on any atom is -0.480 e. The number of carbonyl (C=O) groups excluding carboxylic acids is 6. The van der Waals surface area contributed by atoms with Gasteiger partial charge in [0.1, 0.15) is 30.2 Å². The standard InChI is InChI=1S/C36H62N6O9/c1-11-13-15-25(39-31(45)23(9)37-33(47)26(17-20(3)4)38-29(44)16-14-12-2)32(46)40-27(18-21(5)6)34(48)41-28(19-22(7)8)35(49)42-30(24(10)43)36(50)51/h2,20-28,30,43H,11,13-19H2,1,3-10H3,(H,37,47)(H,38,44)(H,39,45)(H,40,46)(H,41,48)(H,42,49)(H,50,51)/t23-,24?,25-,26-,27-,28-,30-/m0/s1. The van der Waals surface area contributed by atoms with Crippen LogP contribution in [0, 0.1) is 30.1 Å². The molecule has 7 atom stereocenters. The average molecular weight is 723 g/mol. The smallest absolute Gasteiger partial charge is 0.328 e. The molecular weight excluding hydrogens is 660 g/mol. The Kier molecular flexibility index (Phi) is 22.1. The first kappa shape index (κ1) is 46.8. The van der Waals surface area contributed by atoms with Crippen LogP contribution in [0.1, 0.15) is 114 Å². The number of rotatable bonds is 24. The van der Waals surface area contributed by atoms with Crippen LogP contribution < -0.4 is 31.9 Å². The molecule has 0 aliphatic heterocycles. The van der Waals surface area contributed by atoms with Crippen LogP contribution in [0.2, 0.25) is 0 Å². The molecule has 0 radical (unpaired) electrons. The Morgan fingerprint density at radius 3 is 1.43 bits per heavy atom. The molecule has 0 saturated carbocycles. The van der Waals surface area contributed by atoms with E-state index < -0.39 is 77.9 Å². The Morgan fingerprint density at radius 2 is 1.02 bits per heavy atom. The summed E-state index contributed by atoms with van der Waals surface area (Å²) in [6.45, 7) is 15.7. The lowest BCUT2D eigenvalue weighted by atomic mass is 9.99. The van der Waals surface area contributed by atoms with E-state index in [1.807, 2.05) is 48.5 Å². The second-order valence-electron chi connectivity index (χ2n) is 14.3. The number of aliphatic hydroxyl groups is 1. The maximum Gasteiger partial charge on any atom is 0.328 e. The van der Waals surface area contributed by atoms with Crippen LogP contribution in [-0.4, -0.2) is 94.0 Å². The molecule has 0 aliphatic carbocycles. The van der Waals surface area contributed by atoms with Crippen molar-refractivity contribution in [2.45, 2.75) is 156 Å². The van der Waals surface area contributed by atoms with Crippen molar-refractivity contribution in [2.75, 3.05) is 0 Å². The van der Waals surface area contributed by atoms with Crippen molar-refractivity contribution in [1.29, 1.82) is 0 Å². The lowest BCUT2D eigenvalue weighted by Crippen LogP contribution is -2.60. The van der Waals surface area contributed by atoms with Crippen molar-refractivity contribution in [3.05, 3.63) is 0 Å². The fourth-order valence-corrected chi connectivity index (χ4v) is 5.10. The van der Waals surface area contributed by atoms with Crippen LogP contribution in [0.3, 0.4) is 0 Å². The van der Waals surface area contributed by atoms with E-state index in [1.165, 1.54) is 13.8 Å².